The molecule has 4 heterocycles. The van der Waals surface area contributed by atoms with Gasteiger partial charge in [0.2, 0.25) is 0 Å². The van der Waals surface area contributed by atoms with E-state index in [0.29, 0.717) is 12.4 Å². The van der Waals surface area contributed by atoms with Gasteiger partial charge in [-0.15, -0.1) is 16.4 Å². The largest absolute Gasteiger partial charge is 0.272 e. The fraction of sp³-hybridized carbons (Fsp3) is 0.300. The number of thiophene rings is 1. The minimum atomic E-state index is -0.0344. The first-order chi connectivity index (χ1) is 13.5. The second-order valence-corrected chi connectivity index (χ2v) is 9.17. The zero-order chi connectivity index (χ0) is 19.7. The normalized spacial score (nSPS) is 16.6. The molecular weight excluding hydrogens is 390 g/mol. The maximum atomic E-state index is 5.72. The molecule has 0 amide bonds. The lowest BCUT2D eigenvalue weighted by molar-refractivity contribution is 0.0620. The Morgan fingerprint density at radius 2 is 1.93 bits per heavy atom. The van der Waals surface area contributed by atoms with E-state index in [4.69, 9.17) is 9.83 Å². The van der Waals surface area contributed by atoms with E-state index < -0.39 is 0 Å². The van der Waals surface area contributed by atoms with Crippen LogP contribution in [0.5, 0.6) is 0 Å². The van der Waals surface area contributed by atoms with E-state index >= 15 is 0 Å². The van der Waals surface area contributed by atoms with Gasteiger partial charge in [-0.05, 0) is 57.0 Å². The quantitative estimate of drug-likeness (QED) is 0.688. The van der Waals surface area contributed by atoms with Crippen molar-refractivity contribution in [3.8, 4) is 0 Å². The first-order valence-corrected chi connectivity index (χ1v) is 10.6. The Morgan fingerprint density at radius 1 is 1.14 bits per heavy atom. The minimum absolute atomic E-state index is 0.0344. The predicted octanol–water partition coefficient (Wildman–Crippen LogP) is 4.34. The highest BCUT2D eigenvalue weighted by Crippen LogP contribution is 2.34. The van der Waals surface area contributed by atoms with E-state index in [1.54, 1.807) is 35.5 Å². The predicted molar refractivity (Wildman–Crippen MR) is 112 cm³/mol. The van der Waals surface area contributed by atoms with Gasteiger partial charge in [-0.3, -0.25) is 14.8 Å². The molecule has 0 saturated heterocycles. The molecule has 144 valence electrons. The third-order valence-corrected chi connectivity index (χ3v) is 6.63. The zero-order valence-corrected chi connectivity index (χ0v) is 17.8. The fourth-order valence-electron chi connectivity index (χ4n) is 3.12. The third-order valence-electron chi connectivity index (χ3n) is 4.66. The van der Waals surface area contributed by atoms with E-state index in [-0.39, 0.29) is 6.04 Å². The molecule has 0 fully saturated rings. The second-order valence-electron chi connectivity index (χ2n) is 6.65. The van der Waals surface area contributed by atoms with Crippen LogP contribution in [0.1, 0.15) is 38.2 Å². The third kappa shape index (κ3) is 3.80. The van der Waals surface area contributed by atoms with Crippen molar-refractivity contribution < 1.29 is 4.84 Å². The molecule has 1 atom stereocenters. The number of aromatic nitrogens is 3. The summed E-state index contributed by atoms with van der Waals surface area (Å²) in [6, 6.07) is 6.08. The summed E-state index contributed by atoms with van der Waals surface area (Å²) in [7, 11) is 0. The van der Waals surface area contributed by atoms with Gasteiger partial charge < -0.3 is 0 Å². The van der Waals surface area contributed by atoms with Crippen LogP contribution in [0.3, 0.4) is 0 Å². The van der Waals surface area contributed by atoms with Crippen molar-refractivity contribution in [2.45, 2.75) is 43.7 Å². The SMILES string of the molecule is Cc1cc([C@H]2CONC(c3c(Sc4ccncc4)nnc(C)c3C)=N2)c(C)s1. The van der Waals surface area contributed by atoms with E-state index in [1.165, 1.54) is 15.3 Å². The lowest BCUT2D eigenvalue weighted by Gasteiger charge is -2.24. The van der Waals surface area contributed by atoms with Crippen molar-refractivity contribution in [1.82, 2.24) is 20.7 Å². The molecule has 4 rings (SSSR count). The second kappa shape index (κ2) is 7.98. The highest BCUT2D eigenvalue weighted by Gasteiger charge is 2.25. The van der Waals surface area contributed by atoms with Crippen LogP contribution in [0.15, 0.2) is 45.5 Å². The Balaban J connectivity index is 1.76. The van der Waals surface area contributed by atoms with Crippen LogP contribution in [0.4, 0.5) is 0 Å². The highest BCUT2D eigenvalue weighted by molar-refractivity contribution is 7.99. The van der Waals surface area contributed by atoms with Crippen LogP contribution < -0.4 is 5.48 Å². The summed E-state index contributed by atoms with van der Waals surface area (Å²) in [4.78, 5) is 18.4. The number of rotatable bonds is 4. The van der Waals surface area contributed by atoms with Gasteiger partial charge in [-0.25, -0.2) is 5.48 Å². The van der Waals surface area contributed by atoms with Crippen molar-refractivity contribution in [1.29, 1.82) is 0 Å². The van der Waals surface area contributed by atoms with Crippen LogP contribution in [0, 0.1) is 27.7 Å². The van der Waals surface area contributed by atoms with Crippen molar-refractivity contribution in [2.75, 3.05) is 6.61 Å². The number of pyridine rings is 1. The number of nitrogens with one attached hydrogen (secondary N) is 1. The number of hydroxylamine groups is 1. The van der Waals surface area contributed by atoms with Gasteiger partial charge in [0, 0.05) is 27.0 Å². The van der Waals surface area contributed by atoms with Gasteiger partial charge in [0.15, 0.2) is 5.84 Å². The summed E-state index contributed by atoms with van der Waals surface area (Å²) in [5, 5.41) is 9.56. The molecule has 0 unspecified atom stereocenters. The van der Waals surface area contributed by atoms with Crippen LogP contribution >= 0.6 is 23.1 Å². The molecule has 8 heteroatoms. The first kappa shape index (κ1) is 19.0. The molecule has 28 heavy (non-hydrogen) atoms. The van der Waals surface area contributed by atoms with Gasteiger partial charge in [0.1, 0.15) is 17.7 Å². The van der Waals surface area contributed by atoms with E-state index in [1.807, 2.05) is 26.0 Å². The molecule has 1 aliphatic rings. The topological polar surface area (TPSA) is 72.3 Å². The number of nitrogens with zero attached hydrogens (tertiary/aromatic N) is 4. The maximum absolute atomic E-state index is 5.72. The number of aryl methyl sites for hydroxylation is 3. The Bertz CT molecular complexity index is 1030. The molecule has 0 aromatic carbocycles. The summed E-state index contributed by atoms with van der Waals surface area (Å²) < 4.78 is 0. The van der Waals surface area contributed by atoms with E-state index in [0.717, 1.165) is 26.7 Å². The number of amidine groups is 1. The number of hydrogen-bond acceptors (Lipinski definition) is 8. The smallest absolute Gasteiger partial charge is 0.156 e. The molecule has 1 aliphatic heterocycles. The first-order valence-electron chi connectivity index (χ1n) is 8.97. The minimum Gasteiger partial charge on any atom is -0.272 e. The summed E-state index contributed by atoms with van der Waals surface area (Å²) >= 11 is 3.34. The van der Waals surface area contributed by atoms with Crippen molar-refractivity contribution in [3.63, 3.8) is 0 Å². The lowest BCUT2D eigenvalue weighted by atomic mass is 10.1. The van der Waals surface area contributed by atoms with Gasteiger partial charge >= 0.3 is 0 Å². The average molecular weight is 412 g/mol. The average Bonchev–Trinajstić information content (AvgIpc) is 3.04. The van der Waals surface area contributed by atoms with Gasteiger partial charge in [-0.2, -0.15) is 5.10 Å². The molecule has 0 spiro atoms. The highest BCUT2D eigenvalue weighted by atomic mass is 32.2. The Labute approximate surface area is 172 Å². The van der Waals surface area contributed by atoms with Crippen LogP contribution in [0.2, 0.25) is 0 Å². The molecule has 0 radical (unpaired) electrons. The number of aliphatic imine (C=N–C) groups is 1. The fourth-order valence-corrected chi connectivity index (χ4v) is 5.02. The van der Waals surface area contributed by atoms with Crippen molar-refractivity contribution in [3.05, 3.63) is 62.7 Å². The van der Waals surface area contributed by atoms with Gasteiger partial charge in [0.25, 0.3) is 0 Å². The van der Waals surface area contributed by atoms with Gasteiger partial charge in [-0.1, -0.05) is 11.8 Å². The van der Waals surface area contributed by atoms with E-state index in [2.05, 4.69) is 40.6 Å². The maximum Gasteiger partial charge on any atom is 0.156 e. The van der Waals surface area contributed by atoms with E-state index in [9.17, 15) is 0 Å². The molecule has 0 saturated carbocycles. The molecule has 0 aliphatic carbocycles. The van der Waals surface area contributed by atoms with Crippen LogP contribution in [-0.2, 0) is 4.84 Å². The summed E-state index contributed by atoms with van der Waals surface area (Å²) in [6.45, 7) is 8.77. The lowest BCUT2D eigenvalue weighted by Crippen LogP contribution is -2.34. The molecular formula is C20H21N5OS2. The summed E-state index contributed by atoms with van der Waals surface area (Å²) in [5.74, 6) is 0.701. The Morgan fingerprint density at radius 3 is 2.64 bits per heavy atom. The Hall–Kier alpha value is -2.29. The molecule has 1 N–H and O–H groups in total. The summed E-state index contributed by atoms with van der Waals surface area (Å²) in [6.07, 6.45) is 3.54. The Kier molecular flexibility index (Phi) is 5.43. The molecule has 0 bridgehead atoms. The summed E-state index contributed by atoms with van der Waals surface area (Å²) in [5.41, 5.74) is 7.09. The van der Waals surface area contributed by atoms with Crippen molar-refractivity contribution >= 4 is 28.9 Å². The number of hydrogen-bond donors (Lipinski definition) is 1. The standard InChI is InChI=1S/C20H21N5OS2/c1-11-9-16(14(4)27-11)17-10-26-25-19(22-17)18-12(2)13(3)23-24-20(18)28-15-5-7-21-8-6-15/h5-9,17H,10H2,1-4H3,(H,22,25)/t17-/m1/s1. The van der Waals surface area contributed by atoms with Crippen LogP contribution in [-0.4, -0.2) is 27.6 Å². The van der Waals surface area contributed by atoms with Crippen molar-refractivity contribution in [2.24, 2.45) is 4.99 Å². The van der Waals surface area contributed by atoms with Gasteiger partial charge in [0.05, 0.1) is 11.3 Å². The molecule has 3 aromatic rings. The van der Waals surface area contributed by atoms with Crippen LogP contribution in [0.25, 0.3) is 0 Å². The molecule has 6 nitrogen and oxygen atoms in total. The zero-order valence-electron chi connectivity index (χ0n) is 16.2. The molecule has 3 aromatic heterocycles. The monoisotopic (exact) mass is 411 g/mol.